The van der Waals surface area contributed by atoms with Crippen LogP contribution in [0.5, 0.6) is 0 Å². The number of carbonyl (C=O) groups excluding carboxylic acids is 3. The summed E-state index contributed by atoms with van der Waals surface area (Å²) in [6.45, 7) is -0.205. The topological polar surface area (TPSA) is 130 Å². The van der Waals surface area contributed by atoms with Gasteiger partial charge in [0.05, 0.1) is 5.69 Å². The second kappa shape index (κ2) is 8.07. The molecule has 136 valence electrons. The van der Waals surface area contributed by atoms with E-state index in [0.29, 0.717) is 13.0 Å². The van der Waals surface area contributed by atoms with Crippen LogP contribution in [-0.2, 0) is 14.3 Å². The molecule has 0 unspecified atom stereocenters. The molecule has 1 aromatic rings. The van der Waals surface area contributed by atoms with Crippen molar-refractivity contribution in [3.8, 4) is 0 Å². The number of H-pyrrole nitrogens is 1. The van der Waals surface area contributed by atoms with E-state index in [1.54, 1.807) is 0 Å². The van der Waals surface area contributed by atoms with E-state index in [1.165, 1.54) is 4.90 Å². The Morgan fingerprint density at radius 3 is 2.52 bits per heavy atom. The summed E-state index contributed by atoms with van der Waals surface area (Å²) < 4.78 is 4.95. The van der Waals surface area contributed by atoms with E-state index in [2.05, 4.69) is 4.98 Å². The molecule has 0 spiro atoms. The zero-order valence-corrected chi connectivity index (χ0v) is 15.2. The van der Waals surface area contributed by atoms with E-state index in [-0.39, 0.29) is 26.6 Å². The number of esters is 1. The molecular weight excluding hydrogens is 395 g/mol. The van der Waals surface area contributed by atoms with Crippen LogP contribution < -0.4 is 16.5 Å². The van der Waals surface area contributed by atoms with Gasteiger partial charge in [-0.25, -0.2) is 4.79 Å². The van der Waals surface area contributed by atoms with E-state index in [1.807, 2.05) is 0 Å². The van der Waals surface area contributed by atoms with E-state index in [4.69, 9.17) is 51.0 Å². The third-order valence-electron chi connectivity index (χ3n) is 3.80. The molecule has 5 N–H and O–H groups in total. The van der Waals surface area contributed by atoms with Gasteiger partial charge < -0.3 is 21.1 Å². The minimum atomic E-state index is -0.934. The number of primary amides is 1. The minimum Gasteiger partial charge on any atom is -0.448 e. The lowest BCUT2D eigenvalue weighted by atomic mass is 10.0. The summed E-state index contributed by atoms with van der Waals surface area (Å²) in [6.07, 6.45) is 2.02. The first-order valence-electron chi connectivity index (χ1n) is 7.35. The predicted octanol–water partition coefficient (Wildman–Crippen LogP) is 1.07. The second-order valence-electron chi connectivity index (χ2n) is 5.43. The van der Waals surface area contributed by atoms with Gasteiger partial charge in [0.15, 0.2) is 6.61 Å². The summed E-state index contributed by atoms with van der Waals surface area (Å²) in [7, 11) is 0. The van der Waals surface area contributed by atoms with Gasteiger partial charge in [0.2, 0.25) is 5.91 Å². The molecule has 1 aliphatic rings. The third-order valence-corrected chi connectivity index (χ3v) is 4.97. The molecule has 2 amide bonds. The number of likely N-dealkylation sites (tertiary alicyclic amines) is 1. The molecule has 0 aliphatic carbocycles. The smallest absolute Gasteiger partial charge is 0.405 e. The lowest BCUT2D eigenvalue weighted by Gasteiger charge is -2.33. The molecular formula is C14H16Cl3N4O4+. The number of amides is 2. The number of nitrogens with one attached hydrogen (secondary N) is 1. The molecule has 1 aliphatic heterocycles. The van der Waals surface area contributed by atoms with Gasteiger partial charge in [0.25, 0.3) is 11.1 Å². The number of pyridine rings is 1. The van der Waals surface area contributed by atoms with Crippen molar-refractivity contribution >= 4 is 58.3 Å². The van der Waals surface area contributed by atoms with Crippen LogP contribution in [0, 0.1) is 0 Å². The van der Waals surface area contributed by atoms with Crippen LogP contribution in [0.25, 0.3) is 0 Å². The number of halogens is 3. The quantitative estimate of drug-likeness (QED) is 0.566. The van der Waals surface area contributed by atoms with E-state index < -0.39 is 30.4 Å². The molecule has 0 aromatic carbocycles. The Morgan fingerprint density at radius 1 is 1.20 bits per heavy atom. The highest BCUT2D eigenvalue weighted by molar-refractivity contribution is 6.45. The second-order valence-corrected chi connectivity index (χ2v) is 6.57. The summed E-state index contributed by atoms with van der Waals surface area (Å²) >= 11 is 17.6. The standard InChI is InChI=1S/C14H15Cl3N4O4/c15-8-10(18)9(16)12(17)20-11(8)14(24)25-5-7(22)21-4-2-1-3-6(21)13(19)23/h6H,1-5H2,(H2,18,20)(H2,19,23)/p+1/t6-/m1/s1. The van der Waals surface area contributed by atoms with Gasteiger partial charge in [0, 0.05) is 6.54 Å². The fraction of sp³-hybridized carbons (Fsp3) is 0.429. The molecule has 8 nitrogen and oxygen atoms in total. The SMILES string of the molecule is NC(=O)[C@H]1CCCCN1C(=O)COC(=O)c1[nH+]c(Cl)c(Cl)c(N)c1Cl. The first-order valence-corrected chi connectivity index (χ1v) is 8.48. The van der Waals surface area contributed by atoms with Crippen LogP contribution >= 0.6 is 34.8 Å². The predicted molar refractivity (Wildman–Crippen MR) is 91.3 cm³/mol. The Morgan fingerprint density at radius 2 is 1.88 bits per heavy atom. The molecule has 1 fully saturated rings. The number of hydrogen-bond acceptors (Lipinski definition) is 5. The monoisotopic (exact) mass is 409 g/mol. The summed E-state index contributed by atoms with van der Waals surface area (Å²) in [5.41, 5.74) is 10.6. The fourth-order valence-corrected chi connectivity index (χ4v) is 3.12. The molecule has 0 radical (unpaired) electrons. The highest BCUT2D eigenvalue weighted by Crippen LogP contribution is 2.32. The number of aromatic nitrogens is 1. The molecule has 0 saturated carbocycles. The van der Waals surface area contributed by atoms with Crippen molar-refractivity contribution in [2.24, 2.45) is 5.73 Å². The van der Waals surface area contributed by atoms with Gasteiger partial charge in [0.1, 0.15) is 16.1 Å². The highest BCUT2D eigenvalue weighted by Gasteiger charge is 2.32. The molecule has 1 aromatic heterocycles. The number of anilines is 1. The normalized spacial score (nSPS) is 17.2. The summed E-state index contributed by atoms with van der Waals surface area (Å²) in [5.74, 6) is -2.05. The van der Waals surface area contributed by atoms with Gasteiger partial charge in [-0.15, -0.1) is 0 Å². The van der Waals surface area contributed by atoms with Crippen LogP contribution in [-0.4, -0.2) is 41.9 Å². The van der Waals surface area contributed by atoms with Crippen molar-refractivity contribution in [2.45, 2.75) is 25.3 Å². The van der Waals surface area contributed by atoms with Crippen molar-refractivity contribution in [3.05, 3.63) is 20.9 Å². The van der Waals surface area contributed by atoms with Crippen LogP contribution in [0.1, 0.15) is 29.8 Å². The number of ether oxygens (including phenoxy) is 1. The van der Waals surface area contributed by atoms with Crippen LogP contribution in [0.3, 0.4) is 0 Å². The zero-order chi connectivity index (χ0) is 18.7. The number of aromatic amines is 1. The van der Waals surface area contributed by atoms with Gasteiger partial charge in [-0.3, -0.25) is 9.59 Å². The van der Waals surface area contributed by atoms with Gasteiger partial charge in [-0.2, -0.15) is 4.98 Å². The molecule has 2 rings (SSSR count). The average molecular weight is 411 g/mol. The number of carbonyl (C=O) groups is 3. The fourth-order valence-electron chi connectivity index (χ4n) is 2.52. The number of nitrogens with zero attached hydrogens (tertiary/aromatic N) is 1. The Bertz CT molecular complexity index is 729. The van der Waals surface area contributed by atoms with E-state index in [0.717, 1.165) is 12.8 Å². The van der Waals surface area contributed by atoms with E-state index >= 15 is 0 Å². The van der Waals surface area contributed by atoms with Crippen molar-refractivity contribution in [3.63, 3.8) is 0 Å². The molecule has 2 heterocycles. The van der Waals surface area contributed by atoms with Gasteiger partial charge in [-0.05, 0) is 30.9 Å². The largest absolute Gasteiger partial charge is 0.448 e. The minimum absolute atomic E-state index is 0.0306. The average Bonchev–Trinajstić information content (AvgIpc) is 2.60. The third kappa shape index (κ3) is 4.26. The lowest BCUT2D eigenvalue weighted by Crippen LogP contribution is -2.51. The van der Waals surface area contributed by atoms with Crippen LogP contribution in [0.15, 0.2) is 0 Å². The molecule has 1 saturated heterocycles. The number of nitrogens with two attached hydrogens (primary N) is 2. The Hall–Kier alpha value is -1.77. The van der Waals surface area contributed by atoms with Crippen molar-refractivity contribution in [1.29, 1.82) is 0 Å². The van der Waals surface area contributed by atoms with Gasteiger partial charge >= 0.3 is 11.7 Å². The highest BCUT2D eigenvalue weighted by atomic mass is 35.5. The van der Waals surface area contributed by atoms with E-state index in [9.17, 15) is 14.4 Å². The Kier molecular flexibility index (Phi) is 6.31. The first-order chi connectivity index (χ1) is 11.7. The van der Waals surface area contributed by atoms with Crippen molar-refractivity contribution in [1.82, 2.24) is 4.90 Å². The van der Waals surface area contributed by atoms with Crippen molar-refractivity contribution < 1.29 is 24.1 Å². The summed E-state index contributed by atoms with van der Waals surface area (Å²) in [4.78, 5) is 39.6. The maximum Gasteiger partial charge on any atom is 0.405 e. The summed E-state index contributed by atoms with van der Waals surface area (Å²) in [6, 6.07) is -0.698. The van der Waals surface area contributed by atoms with Crippen LogP contribution in [0.2, 0.25) is 15.2 Å². The number of nitrogen functional groups attached to an aromatic ring is 1. The Balaban J connectivity index is 2.07. The maximum absolute atomic E-state index is 12.2. The number of piperidine rings is 1. The first kappa shape index (κ1) is 19.6. The maximum atomic E-state index is 12.2. The van der Waals surface area contributed by atoms with Crippen LogP contribution in [0.4, 0.5) is 5.69 Å². The van der Waals surface area contributed by atoms with Crippen molar-refractivity contribution in [2.75, 3.05) is 18.9 Å². The zero-order valence-electron chi connectivity index (χ0n) is 13.0. The molecule has 11 heteroatoms. The Labute approximate surface area is 158 Å². The molecule has 25 heavy (non-hydrogen) atoms. The molecule has 0 bridgehead atoms. The number of hydrogen-bond donors (Lipinski definition) is 2. The lowest BCUT2D eigenvalue weighted by molar-refractivity contribution is -0.380. The van der Waals surface area contributed by atoms with Gasteiger partial charge in [-0.1, -0.05) is 23.2 Å². The summed E-state index contributed by atoms with van der Waals surface area (Å²) in [5, 5.41) is -0.289. The number of rotatable bonds is 4. The molecule has 1 atom stereocenters.